The number of nitrogens with zero attached hydrogens (tertiary/aromatic N) is 5. The molecule has 0 bridgehead atoms. The van der Waals surface area contributed by atoms with Gasteiger partial charge >= 0.3 is 0 Å². The Morgan fingerprint density at radius 2 is 1.82 bits per heavy atom. The van der Waals surface area contributed by atoms with Crippen LogP contribution in [0.3, 0.4) is 0 Å². The number of ketones is 1. The third-order valence-electron chi connectivity index (χ3n) is 4.04. The summed E-state index contributed by atoms with van der Waals surface area (Å²) < 4.78 is 1.51. The van der Waals surface area contributed by atoms with Gasteiger partial charge < -0.3 is 0 Å². The Morgan fingerprint density at radius 3 is 2.54 bits per heavy atom. The van der Waals surface area contributed by atoms with E-state index in [9.17, 15) is 9.59 Å². The second-order valence-corrected chi connectivity index (χ2v) is 7.26. The Hall–Kier alpha value is -3.46. The van der Waals surface area contributed by atoms with Crippen LogP contribution in [0.4, 0.5) is 5.13 Å². The molecule has 0 aliphatic carbocycles. The third kappa shape index (κ3) is 3.27. The summed E-state index contributed by atoms with van der Waals surface area (Å²) >= 11 is 1.13. The number of amides is 1. The van der Waals surface area contributed by atoms with Gasteiger partial charge in [0.05, 0.1) is 10.6 Å². The molecule has 8 nitrogen and oxygen atoms in total. The first-order valence-electron chi connectivity index (χ1n) is 8.52. The zero-order chi connectivity index (χ0) is 19.8. The first-order valence-corrected chi connectivity index (χ1v) is 9.33. The van der Waals surface area contributed by atoms with E-state index in [1.54, 1.807) is 0 Å². The summed E-state index contributed by atoms with van der Waals surface area (Å²) in [5.74, 6) is -0.276. The number of benzene rings is 1. The summed E-state index contributed by atoms with van der Waals surface area (Å²) in [5.41, 5.74) is 2.98. The quantitative estimate of drug-likeness (QED) is 0.535. The fraction of sp³-hybridized carbons (Fsp3) is 0.158. The molecule has 1 aromatic carbocycles. The predicted molar refractivity (Wildman–Crippen MR) is 106 cm³/mol. The smallest absolute Gasteiger partial charge is 0.295 e. The van der Waals surface area contributed by atoms with Gasteiger partial charge in [-0.15, -0.1) is 5.10 Å². The fourth-order valence-electron chi connectivity index (χ4n) is 2.82. The lowest BCUT2D eigenvalue weighted by Crippen LogP contribution is -2.13. The van der Waals surface area contributed by atoms with E-state index < -0.39 is 5.91 Å². The van der Waals surface area contributed by atoms with Crippen LogP contribution in [0.5, 0.6) is 0 Å². The molecule has 0 aliphatic rings. The van der Waals surface area contributed by atoms with E-state index in [1.807, 2.05) is 50.2 Å². The van der Waals surface area contributed by atoms with Crippen molar-refractivity contribution in [3.8, 4) is 11.3 Å². The van der Waals surface area contributed by atoms with Crippen molar-refractivity contribution in [2.45, 2.75) is 20.8 Å². The summed E-state index contributed by atoms with van der Waals surface area (Å²) in [6, 6.07) is 11.2. The Labute approximate surface area is 164 Å². The highest BCUT2D eigenvalue weighted by atomic mass is 32.1. The summed E-state index contributed by atoms with van der Waals surface area (Å²) in [7, 11) is 0. The third-order valence-corrected chi connectivity index (χ3v) is 5.11. The molecular weight excluding hydrogens is 376 g/mol. The van der Waals surface area contributed by atoms with Gasteiger partial charge in [-0.05, 0) is 19.9 Å². The molecule has 0 saturated carbocycles. The molecule has 0 atom stereocenters. The van der Waals surface area contributed by atoms with Crippen LogP contribution in [-0.4, -0.2) is 36.3 Å². The van der Waals surface area contributed by atoms with Crippen molar-refractivity contribution in [2.75, 3.05) is 5.32 Å². The van der Waals surface area contributed by atoms with E-state index in [0.717, 1.165) is 28.3 Å². The number of aryl methyl sites for hydroxylation is 2. The zero-order valence-electron chi connectivity index (χ0n) is 15.4. The predicted octanol–water partition coefficient (Wildman–Crippen LogP) is 3.32. The Balaban J connectivity index is 1.67. The first-order chi connectivity index (χ1) is 13.4. The number of nitrogens with one attached hydrogen (secondary N) is 1. The van der Waals surface area contributed by atoms with Gasteiger partial charge in [0.15, 0.2) is 10.9 Å². The van der Waals surface area contributed by atoms with Crippen molar-refractivity contribution in [3.05, 3.63) is 58.5 Å². The molecule has 0 radical (unpaired) electrons. The molecule has 28 heavy (non-hydrogen) atoms. The highest BCUT2D eigenvalue weighted by Gasteiger charge is 2.20. The van der Waals surface area contributed by atoms with Crippen molar-refractivity contribution in [1.82, 2.24) is 24.6 Å². The average molecular weight is 392 g/mol. The second-order valence-electron chi connectivity index (χ2n) is 6.26. The standard InChI is InChI=1S/C19H16N6O2S/c1-10-9-11(2)25-18(20-10)22-16(24-25)17(27)23-19-21-14(15(28-19)12(3)26)13-7-5-4-6-8-13/h4-9H,1-3H3,(H,21,23,27). The average Bonchev–Trinajstić information content (AvgIpc) is 3.27. The minimum Gasteiger partial charge on any atom is -0.295 e. The number of carbonyl (C=O) groups excluding carboxylic acids is 2. The number of hydrogen-bond donors (Lipinski definition) is 1. The van der Waals surface area contributed by atoms with Gasteiger partial charge in [0, 0.05) is 23.9 Å². The molecule has 0 spiro atoms. The van der Waals surface area contributed by atoms with Crippen molar-refractivity contribution >= 4 is 33.9 Å². The first kappa shape index (κ1) is 17.9. The molecular formula is C19H16N6O2S. The highest BCUT2D eigenvalue weighted by Crippen LogP contribution is 2.31. The van der Waals surface area contributed by atoms with Crippen LogP contribution in [0.2, 0.25) is 0 Å². The van der Waals surface area contributed by atoms with Gasteiger partial charge in [-0.2, -0.15) is 4.98 Å². The molecule has 3 heterocycles. The van der Waals surface area contributed by atoms with Gasteiger partial charge in [-0.1, -0.05) is 41.7 Å². The topological polar surface area (TPSA) is 102 Å². The summed E-state index contributed by atoms with van der Waals surface area (Å²) in [5, 5.41) is 7.22. The number of rotatable bonds is 4. The van der Waals surface area contributed by atoms with Crippen molar-refractivity contribution in [1.29, 1.82) is 0 Å². The number of carbonyl (C=O) groups is 2. The lowest BCUT2D eigenvalue weighted by molar-refractivity contribution is 0.101. The van der Waals surface area contributed by atoms with Crippen LogP contribution >= 0.6 is 11.3 Å². The minimum absolute atomic E-state index is 0.0120. The van der Waals surface area contributed by atoms with Crippen LogP contribution in [0.15, 0.2) is 36.4 Å². The van der Waals surface area contributed by atoms with E-state index in [4.69, 9.17) is 0 Å². The number of anilines is 1. The molecule has 0 saturated heterocycles. The molecule has 3 aromatic heterocycles. The van der Waals surface area contributed by atoms with E-state index in [0.29, 0.717) is 21.5 Å². The lowest BCUT2D eigenvalue weighted by Gasteiger charge is -1.98. The second kappa shape index (κ2) is 6.93. The number of Topliss-reactive ketones (excluding diaryl/α,β-unsaturated/α-hetero) is 1. The van der Waals surface area contributed by atoms with Crippen LogP contribution in [-0.2, 0) is 0 Å². The normalized spacial score (nSPS) is 11.0. The summed E-state index contributed by atoms with van der Waals surface area (Å²) in [6.45, 7) is 5.20. The lowest BCUT2D eigenvalue weighted by atomic mass is 10.1. The van der Waals surface area contributed by atoms with E-state index >= 15 is 0 Å². The number of thiazole rings is 1. The number of aromatic nitrogens is 5. The van der Waals surface area contributed by atoms with Gasteiger partial charge in [-0.3, -0.25) is 14.9 Å². The summed E-state index contributed by atoms with van der Waals surface area (Å²) in [6.07, 6.45) is 0. The molecule has 4 rings (SSSR count). The maximum absolute atomic E-state index is 12.6. The van der Waals surface area contributed by atoms with E-state index in [-0.39, 0.29) is 11.6 Å². The Kier molecular flexibility index (Phi) is 4.44. The molecule has 0 aliphatic heterocycles. The molecule has 1 N–H and O–H groups in total. The van der Waals surface area contributed by atoms with Crippen LogP contribution in [0, 0.1) is 13.8 Å². The zero-order valence-corrected chi connectivity index (χ0v) is 16.2. The van der Waals surface area contributed by atoms with Crippen molar-refractivity contribution in [2.24, 2.45) is 0 Å². The van der Waals surface area contributed by atoms with Crippen molar-refractivity contribution in [3.63, 3.8) is 0 Å². The Bertz CT molecular complexity index is 1210. The minimum atomic E-state index is -0.508. The van der Waals surface area contributed by atoms with Crippen LogP contribution < -0.4 is 5.32 Å². The fourth-order valence-corrected chi connectivity index (χ4v) is 3.70. The number of fused-ring (bicyclic) bond motifs is 1. The van der Waals surface area contributed by atoms with E-state index in [2.05, 4.69) is 25.4 Å². The largest absolute Gasteiger partial charge is 0.297 e. The summed E-state index contributed by atoms with van der Waals surface area (Å²) in [4.78, 5) is 38.0. The van der Waals surface area contributed by atoms with Gasteiger partial charge in [0.25, 0.3) is 11.7 Å². The maximum Gasteiger partial charge on any atom is 0.297 e. The van der Waals surface area contributed by atoms with Crippen molar-refractivity contribution < 1.29 is 9.59 Å². The van der Waals surface area contributed by atoms with E-state index in [1.165, 1.54) is 11.4 Å². The maximum atomic E-state index is 12.6. The molecule has 140 valence electrons. The van der Waals surface area contributed by atoms with Crippen LogP contribution in [0.1, 0.15) is 38.6 Å². The highest BCUT2D eigenvalue weighted by molar-refractivity contribution is 7.18. The number of hydrogen-bond acceptors (Lipinski definition) is 7. The molecule has 4 aromatic rings. The Morgan fingerprint density at radius 1 is 1.07 bits per heavy atom. The SMILES string of the molecule is CC(=O)c1sc(NC(=O)c2nc3nc(C)cc(C)n3n2)nc1-c1ccccc1. The van der Waals surface area contributed by atoms with Gasteiger partial charge in [0.2, 0.25) is 5.82 Å². The molecule has 9 heteroatoms. The molecule has 0 unspecified atom stereocenters. The monoisotopic (exact) mass is 392 g/mol. The van der Waals surface area contributed by atoms with Gasteiger partial charge in [0.1, 0.15) is 0 Å². The van der Waals surface area contributed by atoms with Crippen LogP contribution in [0.25, 0.3) is 17.0 Å². The van der Waals surface area contributed by atoms with Gasteiger partial charge in [-0.25, -0.2) is 14.5 Å². The molecule has 1 amide bonds. The molecule has 0 fully saturated rings.